The van der Waals surface area contributed by atoms with Crippen LogP contribution in [0.25, 0.3) is 6.08 Å². The molecule has 0 unspecified atom stereocenters. The Labute approximate surface area is 171 Å². The quantitative estimate of drug-likeness (QED) is 0.592. The number of methoxy groups -OCH3 is 1. The van der Waals surface area contributed by atoms with Crippen LogP contribution >= 0.6 is 0 Å². The Morgan fingerprint density at radius 2 is 1.93 bits per heavy atom. The molecule has 0 radical (unpaired) electrons. The number of carbonyl (C=O) groups excluding carboxylic acids is 1. The molecule has 0 amide bonds. The summed E-state index contributed by atoms with van der Waals surface area (Å²) >= 11 is 0. The van der Waals surface area contributed by atoms with Crippen LogP contribution in [-0.4, -0.2) is 12.9 Å². The van der Waals surface area contributed by atoms with Gasteiger partial charge in [0, 0.05) is 5.41 Å². The summed E-state index contributed by atoms with van der Waals surface area (Å²) < 4.78 is 18.7. The van der Waals surface area contributed by atoms with E-state index in [1.165, 1.54) is 23.3 Å². The average Bonchev–Trinajstić information content (AvgIpc) is 2.99. The molecule has 29 heavy (non-hydrogen) atoms. The highest BCUT2D eigenvalue weighted by Crippen LogP contribution is 2.60. The lowest BCUT2D eigenvalue weighted by atomic mass is 9.55. The highest BCUT2D eigenvalue weighted by atomic mass is 19.1. The summed E-state index contributed by atoms with van der Waals surface area (Å²) in [5.41, 5.74) is 4.46. The SMILES string of the molecule is COc1ccc2c(c1)CC[C@@H]1[C@@H]2CC[C@@]2(C)C(=O)/C(=C/c3ccc(F)cc3)C[C@@H]12. The van der Waals surface area contributed by atoms with Crippen LogP contribution in [0.4, 0.5) is 4.39 Å². The van der Waals surface area contributed by atoms with Gasteiger partial charge < -0.3 is 4.74 Å². The molecule has 0 heterocycles. The van der Waals surface area contributed by atoms with Crippen molar-refractivity contribution >= 4 is 11.9 Å². The fraction of sp³-hybridized carbons (Fsp3) is 0.423. The molecule has 2 nitrogen and oxygen atoms in total. The summed E-state index contributed by atoms with van der Waals surface area (Å²) in [4.78, 5) is 13.4. The molecular weight excluding hydrogens is 363 g/mol. The number of aryl methyl sites for hydroxylation is 1. The van der Waals surface area contributed by atoms with Crippen molar-refractivity contribution < 1.29 is 13.9 Å². The summed E-state index contributed by atoms with van der Waals surface area (Å²) in [6.45, 7) is 2.19. The lowest BCUT2D eigenvalue weighted by molar-refractivity contribution is -0.127. The van der Waals surface area contributed by atoms with Crippen LogP contribution in [0.1, 0.15) is 55.2 Å². The molecule has 2 aromatic rings. The second-order valence-electron chi connectivity index (χ2n) is 9.19. The Kier molecular flexibility index (Phi) is 4.38. The van der Waals surface area contributed by atoms with Crippen molar-refractivity contribution in [3.8, 4) is 5.75 Å². The van der Waals surface area contributed by atoms with Crippen LogP contribution in [0, 0.1) is 23.1 Å². The van der Waals surface area contributed by atoms with Crippen LogP contribution in [-0.2, 0) is 11.2 Å². The van der Waals surface area contributed by atoms with Gasteiger partial charge in [-0.3, -0.25) is 4.79 Å². The Hall–Kier alpha value is -2.42. The van der Waals surface area contributed by atoms with E-state index in [0.29, 0.717) is 23.5 Å². The topological polar surface area (TPSA) is 26.3 Å². The van der Waals surface area contributed by atoms with Crippen molar-refractivity contribution in [3.05, 3.63) is 70.5 Å². The van der Waals surface area contributed by atoms with Crippen LogP contribution < -0.4 is 4.74 Å². The number of allylic oxidation sites excluding steroid dienone is 1. The number of ether oxygens (including phenoxy) is 1. The maximum absolute atomic E-state index is 13.4. The molecule has 2 saturated carbocycles. The second-order valence-corrected chi connectivity index (χ2v) is 9.19. The van der Waals surface area contributed by atoms with Crippen molar-refractivity contribution in [2.45, 2.75) is 44.9 Å². The zero-order valence-electron chi connectivity index (χ0n) is 17.1. The molecule has 0 aliphatic heterocycles. The maximum Gasteiger partial charge on any atom is 0.165 e. The molecule has 4 atom stereocenters. The number of Topliss-reactive ketones (excluding diaryl/α,β-unsaturated/α-hetero) is 1. The Morgan fingerprint density at radius 1 is 1.14 bits per heavy atom. The number of hydrogen-bond donors (Lipinski definition) is 0. The molecule has 0 aromatic heterocycles. The van der Waals surface area contributed by atoms with E-state index in [-0.39, 0.29) is 11.2 Å². The summed E-state index contributed by atoms with van der Waals surface area (Å²) in [6, 6.07) is 13.0. The van der Waals surface area contributed by atoms with Gasteiger partial charge in [0.25, 0.3) is 0 Å². The molecule has 0 N–H and O–H groups in total. The maximum atomic E-state index is 13.4. The minimum atomic E-state index is -0.253. The monoisotopic (exact) mass is 390 g/mol. The van der Waals surface area contributed by atoms with Gasteiger partial charge in [0.1, 0.15) is 11.6 Å². The Bertz CT molecular complexity index is 990. The standard InChI is InChI=1S/C26H27FO2/c1-26-12-11-22-21-10-8-20(29-2)14-17(21)5-9-23(22)24(26)15-18(25(26)28)13-16-3-6-19(27)7-4-16/h3-4,6-8,10,13-14,22-24H,5,9,11-12,15H2,1-2H3/b18-13+/t22-,23-,24+,26-/m1/s1. The molecule has 2 aromatic carbocycles. The van der Waals surface area contributed by atoms with Crippen LogP contribution in [0.2, 0.25) is 0 Å². The van der Waals surface area contributed by atoms with Crippen molar-refractivity contribution in [2.24, 2.45) is 17.3 Å². The first-order valence-electron chi connectivity index (χ1n) is 10.7. The fourth-order valence-corrected chi connectivity index (χ4v) is 6.25. The second kappa shape index (κ2) is 6.83. The number of carbonyl (C=O) groups is 1. The lowest BCUT2D eigenvalue weighted by Crippen LogP contribution is -2.42. The Balaban J connectivity index is 1.47. The van der Waals surface area contributed by atoms with E-state index in [0.717, 1.165) is 49.0 Å². The van der Waals surface area contributed by atoms with Gasteiger partial charge in [0.2, 0.25) is 0 Å². The molecular formula is C26H27FO2. The van der Waals surface area contributed by atoms with Crippen LogP contribution in [0.3, 0.4) is 0 Å². The van der Waals surface area contributed by atoms with Gasteiger partial charge in [-0.05, 0) is 102 Å². The summed E-state index contributed by atoms with van der Waals surface area (Å²) in [5, 5.41) is 0. The third kappa shape index (κ3) is 2.94. The predicted octanol–water partition coefficient (Wildman–Crippen LogP) is 5.95. The largest absolute Gasteiger partial charge is 0.497 e. The molecule has 0 bridgehead atoms. The van der Waals surface area contributed by atoms with Crippen LogP contribution in [0.15, 0.2) is 48.0 Å². The van der Waals surface area contributed by atoms with E-state index in [9.17, 15) is 9.18 Å². The number of rotatable bonds is 2. The summed E-state index contributed by atoms with van der Waals surface area (Å²) in [7, 11) is 1.72. The fourth-order valence-electron chi connectivity index (χ4n) is 6.25. The molecule has 150 valence electrons. The zero-order valence-corrected chi connectivity index (χ0v) is 17.1. The molecule has 0 spiro atoms. The van der Waals surface area contributed by atoms with Gasteiger partial charge in [-0.15, -0.1) is 0 Å². The lowest BCUT2D eigenvalue weighted by Gasteiger charge is -2.48. The van der Waals surface area contributed by atoms with Gasteiger partial charge in [0.15, 0.2) is 5.78 Å². The van der Waals surface area contributed by atoms with Crippen molar-refractivity contribution in [2.75, 3.05) is 7.11 Å². The first-order chi connectivity index (χ1) is 14.0. The third-order valence-electron chi connectivity index (χ3n) is 7.78. The molecule has 3 aliphatic rings. The van der Waals surface area contributed by atoms with Gasteiger partial charge in [0.05, 0.1) is 7.11 Å². The van der Waals surface area contributed by atoms with E-state index in [1.807, 2.05) is 6.08 Å². The number of halogens is 1. The molecule has 3 heteroatoms. The molecule has 2 fully saturated rings. The number of hydrogen-bond acceptors (Lipinski definition) is 2. The van der Waals surface area contributed by atoms with Gasteiger partial charge in [-0.25, -0.2) is 4.39 Å². The molecule has 0 saturated heterocycles. The van der Waals surface area contributed by atoms with Gasteiger partial charge >= 0.3 is 0 Å². The van der Waals surface area contributed by atoms with E-state index < -0.39 is 0 Å². The predicted molar refractivity (Wildman–Crippen MR) is 112 cm³/mol. The summed E-state index contributed by atoms with van der Waals surface area (Å²) in [5.74, 6) is 2.49. The van der Waals surface area contributed by atoms with E-state index >= 15 is 0 Å². The summed E-state index contributed by atoms with van der Waals surface area (Å²) in [6.07, 6.45) is 7.06. The van der Waals surface area contributed by atoms with E-state index in [2.05, 4.69) is 25.1 Å². The van der Waals surface area contributed by atoms with Crippen molar-refractivity contribution in [1.82, 2.24) is 0 Å². The van der Waals surface area contributed by atoms with Gasteiger partial charge in [-0.2, -0.15) is 0 Å². The van der Waals surface area contributed by atoms with Gasteiger partial charge in [-0.1, -0.05) is 25.1 Å². The minimum Gasteiger partial charge on any atom is -0.497 e. The van der Waals surface area contributed by atoms with Crippen molar-refractivity contribution in [1.29, 1.82) is 0 Å². The number of ketones is 1. The normalized spacial score (nSPS) is 31.9. The van der Waals surface area contributed by atoms with E-state index in [1.54, 1.807) is 19.2 Å². The third-order valence-corrected chi connectivity index (χ3v) is 7.78. The number of benzene rings is 2. The number of fused-ring (bicyclic) bond motifs is 5. The first-order valence-corrected chi connectivity index (χ1v) is 10.7. The molecule has 5 rings (SSSR count). The zero-order chi connectivity index (χ0) is 20.2. The smallest absolute Gasteiger partial charge is 0.165 e. The Morgan fingerprint density at radius 3 is 2.69 bits per heavy atom. The highest BCUT2D eigenvalue weighted by Gasteiger charge is 2.56. The highest BCUT2D eigenvalue weighted by molar-refractivity contribution is 6.06. The van der Waals surface area contributed by atoms with Crippen LogP contribution in [0.5, 0.6) is 5.75 Å². The minimum absolute atomic E-state index is 0.245. The first kappa shape index (κ1) is 18.6. The molecule has 3 aliphatic carbocycles. The van der Waals surface area contributed by atoms with E-state index in [4.69, 9.17) is 4.74 Å². The van der Waals surface area contributed by atoms with Crippen molar-refractivity contribution in [3.63, 3.8) is 0 Å². The average molecular weight is 390 g/mol.